The number of allylic oxidation sites excluding steroid dienone is 1. The summed E-state index contributed by atoms with van der Waals surface area (Å²) in [7, 11) is 1.31. The number of hydrogen-bond acceptors (Lipinski definition) is 6. The number of nitrogens with one attached hydrogen (secondary N) is 1. The van der Waals surface area contributed by atoms with Gasteiger partial charge in [-0.15, -0.1) is 0 Å². The molecule has 2 unspecified atom stereocenters. The van der Waals surface area contributed by atoms with E-state index in [2.05, 4.69) is 10.3 Å². The van der Waals surface area contributed by atoms with Crippen molar-refractivity contribution in [2.24, 2.45) is 10.9 Å². The lowest BCUT2D eigenvalue weighted by molar-refractivity contribution is -0.154. The molecule has 7 nitrogen and oxygen atoms in total. The Labute approximate surface area is 171 Å². The zero-order chi connectivity index (χ0) is 21.8. The van der Waals surface area contributed by atoms with E-state index in [0.717, 1.165) is 5.56 Å². The van der Waals surface area contributed by atoms with Gasteiger partial charge in [-0.2, -0.15) is 0 Å². The number of carbonyl (C=O) groups is 3. The Morgan fingerprint density at radius 1 is 1.10 bits per heavy atom. The molecule has 1 aliphatic rings. The number of carbonyl (C=O) groups excluding carboxylic acids is 3. The van der Waals surface area contributed by atoms with Crippen LogP contribution in [0, 0.1) is 5.92 Å². The summed E-state index contributed by atoms with van der Waals surface area (Å²) >= 11 is 0. The highest BCUT2D eigenvalue weighted by molar-refractivity contribution is 6.08. The Bertz CT molecular complexity index is 850. The molecule has 0 saturated heterocycles. The van der Waals surface area contributed by atoms with Gasteiger partial charge in [0.25, 0.3) is 0 Å². The van der Waals surface area contributed by atoms with E-state index < -0.39 is 35.3 Å². The summed E-state index contributed by atoms with van der Waals surface area (Å²) in [5.41, 5.74) is 1.55. The van der Waals surface area contributed by atoms with Crippen LogP contribution in [0.25, 0.3) is 0 Å². The number of esters is 2. The Kier molecular flexibility index (Phi) is 6.95. The summed E-state index contributed by atoms with van der Waals surface area (Å²) in [4.78, 5) is 42.0. The minimum Gasteiger partial charge on any atom is -0.468 e. The first-order valence-electron chi connectivity index (χ1n) is 9.44. The summed E-state index contributed by atoms with van der Waals surface area (Å²) in [6.45, 7) is 8.45. The highest BCUT2D eigenvalue weighted by Crippen LogP contribution is 2.39. The normalized spacial score (nSPS) is 19.3. The summed E-state index contributed by atoms with van der Waals surface area (Å²) in [6.07, 6.45) is 0. The Morgan fingerprint density at radius 3 is 2.28 bits per heavy atom. The first-order chi connectivity index (χ1) is 13.5. The standard InChI is InChI=1S/C22H28N2O5/c1-13-17(20(26)23-12-16(25)29-22(3,4)5)19(15-10-8-7-9-11-15)18(14(2)24-13)21(27)28-6/h7-11,18-19H,12H2,1-6H3,(H,23,26). The second-order valence-electron chi connectivity index (χ2n) is 7.91. The molecule has 1 aromatic rings. The summed E-state index contributed by atoms with van der Waals surface area (Å²) < 4.78 is 10.2. The summed E-state index contributed by atoms with van der Waals surface area (Å²) in [5, 5.41) is 2.60. The van der Waals surface area contributed by atoms with Crippen molar-refractivity contribution in [2.75, 3.05) is 13.7 Å². The predicted octanol–water partition coefficient (Wildman–Crippen LogP) is 2.77. The summed E-state index contributed by atoms with van der Waals surface area (Å²) in [5.74, 6) is -2.77. The minimum atomic E-state index is -0.728. The average molecular weight is 400 g/mol. The fourth-order valence-corrected chi connectivity index (χ4v) is 3.41. The van der Waals surface area contributed by atoms with Crippen LogP contribution in [0.4, 0.5) is 0 Å². The lowest BCUT2D eigenvalue weighted by atomic mass is 9.75. The fourth-order valence-electron chi connectivity index (χ4n) is 3.41. The van der Waals surface area contributed by atoms with Crippen molar-refractivity contribution in [3.63, 3.8) is 0 Å². The van der Waals surface area contributed by atoms with Crippen molar-refractivity contribution in [1.82, 2.24) is 5.32 Å². The van der Waals surface area contributed by atoms with Gasteiger partial charge in [0, 0.05) is 22.9 Å². The Balaban J connectivity index is 2.37. The molecule has 0 aliphatic carbocycles. The smallest absolute Gasteiger partial charge is 0.325 e. The molecule has 1 aromatic carbocycles. The molecule has 0 fully saturated rings. The third kappa shape index (κ3) is 5.53. The van der Waals surface area contributed by atoms with E-state index in [4.69, 9.17) is 9.47 Å². The number of benzene rings is 1. The van der Waals surface area contributed by atoms with Crippen molar-refractivity contribution in [3.8, 4) is 0 Å². The number of rotatable bonds is 5. The van der Waals surface area contributed by atoms with Crippen LogP contribution in [0.3, 0.4) is 0 Å². The second kappa shape index (κ2) is 9.03. The quantitative estimate of drug-likeness (QED) is 0.767. The molecule has 29 heavy (non-hydrogen) atoms. The van der Waals surface area contributed by atoms with Gasteiger partial charge in [0.1, 0.15) is 18.1 Å². The van der Waals surface area contributed by atoms with Crippen LogP contribution in [-0.2, 0) is 23.9 Å². The highest BCUT2D eigenvalue weighted by atomic mass is 16.6. The van der Waals surface area contributed by atoms with Crippen LogP contribution in [0.15, 0.2) is 46.6 Å². The van der Waals surface area contributed by atoms with Crippen LogP contribution < -0.4 is 5.32 Å². The van der Waals surface area contributed by atoms with E-state index >= 15 is 0 Å². The fraction of sp³-hybridized carbons (Fsp3) is 0.455. The number of aliphatic imine (C=N–C) groups is 1. The molecule has 0 bridgehead atoms. The number of ether oxygens (including phenoxy) is 2. The molecule has 1 aliphatic heterocycles. The van der Waals surface area contributed by atoms with Crippen LogP contribution in [-0.4, -0.2) is 42.8 Å². The number of nitrogens with zero attached hydrogens (tertiary/aromatic N) is 1. The number of hydrogen-bond donors (Lipinski definition) is 1. The molecule has 1 N–H and O–H groups in total. The van der Waals surface area contributed by atoms with Crippen molar-refractivity contribution < 1.29 is 23.9 Å². The lowest BCUT2D eigenvalue weighted by Crippen LogP contribution is -2.41. The molecule has 0 aromatic heterocycles. The van der Waals surface area contributed by atoms with E-state index in [1.165, 1.54) is 7.11 Å². The first-order valence-corrected chi connectivity index (χ1v) is 9.44. The SMILES string of the molecule is COC(=O)C1C(C)=NC(C)=C(C(=O)NCC(=O)OC(C)(C)C)C1c1ccccc1. The molecule has 1 heterocycles. The predicted molar refractivity (Wildman–Crippen MR) is 109 cm³/mol. The van der Waals surface area contributed by atoms with E-state index in [9.17, 15) is 14.4 Å². The average Bonchev–Trinajstić information content (AvgIpc) is 2.64. The van der Waals surface area contributed by atoms with Gasteiger partial charge in [0.15, 0.2) is 0 Å². The molecule has 1 amide bonds. The summed E-state index contributed by atoms with van der Waals surface area (Å²) in [6, 6.07) is 9.26. The highest BCUT2D eigenvalue weighted by Gasteiger charge is 2.41. The maximum absolute atomic E-state index is 13.0. The lowest BCUT2D eigenvalue weighted by Gasteiger charge is -2.31. The van der Waals surface area contributed by atoms with Gasteiger partial charge in [-0.05, 0) is 40.2 Å². The first kappa shape index (κ1) is 22.3. The monoisotopic (exact) mass is 400 g/mol. The van der Waals surface area contributed by atoms with Gasteiger partial charge in [0.2, 0.25) is 5.91 Å². The zero-order valence-corrected chi connectivity index (χ0v) is 17.7. The second-order valence-corrected chi connectivity index (χ2v) is 7.91. The van der Waals surface area contributed by atoms with E-state index in [-0.39, 0.29) is 6.54 Å². The van der Waals surface area contributed by atoms with Gasteiger partial charge in [0.05, 0.1) is 7.11 Å². The Morgan fingerprint density at radius 2 is 1.72 bits per heavy atom. The molecule has 2 atom stereocenters. The molecular formula is C22H28N2O5. The molecular weight excluding hydrogens is 372 g/mol. The van der Waals surface area contributed by atoms with E-state index in [0.29, 0.717) is 17.0 Å². The third-order valence-corrected chi connectivity index (χ3v) is 4.50. The van der Waals surface area contributed by atoms with Gasteiger partial charge in [-0.1, -0.05) is 30.3 Å². The van der Waals surface area contributed by atoms with Crippen LogP contribution >= 0.6 is 0 Å². The molecule has 0 saturated carbocycles. The maximum atomic E-state index is 13.0. The van der Waals surface area contributed by atoms with Crippen molar-refractivity contribution in [1.29, 1.82) is 0 Å². The Hall–Kier alpha value is -2.96. The minimum absolute atomic E-state index is 0.278. The van der Waals surface area contributed by atoms with E-state index in [1.54, 1.807) is 34.6 Å². The van der Waals surface area contributed by atoms with Crippen LogP contribution in [0.1, 0.15) is 46.1 Å². The third-order valence-electron chi connectivity index (χ3n) is 4.50. The molecule has 7 heteroatoms. The van der Waals surface area contributed by atoms with Crippen molar-refractivity contribution in [2.45, 2.75) is 46.1 Å². The number of methoxy groups -OCH3 is 1. The zero-order valence-electron chi connectivity index (χ0n) is 17.7. The number of amides is 1. The molecule has 2 rings (SSSR count). The van der Waals surface area contributed by atoms with Gasteiger partial charge < -0.3 is 14.8 Å². The molecule has 0 radical (unpaired) electrons. The van der Waals surface area contributed by atoms with E-state index in [1.807, 2.05) is 30.3 Å². The van der Waals surface area contributed by atoms with Crippen molar-refractivity contribution >= 4 is 23.6 Å². The maximum Gasteiger partial charge on any atom is 0.325 e. The topological polar surface area (TPSA) is 94.1 Å². The van der Waals surface area contributed by atoms with Crippen molar-refractivity contribution in [3.05, 3.63) is 47.2 Å². The molecule has 156 valence electrons. The van der Waals surface area contributed by atoms with Gasteiger partial charge in [-0.25, -0.2) is 0 Å². The largest absolute Gasteiger partial charge is 0.468 e. The van der Waals surface area contributed by atoms with Crippen LogP contribution in [0.5, 0.6) is 0 Å². The van der Waals surface area contributed by atoms with Crippen LogP contribution in [0.2, 0.25) is 0 Å². The molecule has 0 spiro atoms. The van der Waals surface area contributed by atoms with Gasteiger partial charge >= 0.3 is 11.9 Å². The van der Waals surface area contributed by atoms with Gasteiger partial charge in [-0.3, -0.25) is 19.4 Å².